The van der Waals surface area contributed by atoms with E-state index < -0.39 is 0 Å². The molecule has 0 spiro atoms. The van der Waals surface area contributed by atoms with Gasteiger partial charge in [0.2, 0.25) is 0 Å². The van der Waals surface area contributed by atoms with Gasteiger partial charge in [-0.1, -0.05) is 41.9 Å². The maximum Gasteiger partial charge on any atom is 0.0951 e. The second kappa shape index (κ2) is 8.58. The number of fused-ring (bicyclic) bond motifs is 1. The van der Waals surface area contributed by atoms with E-state index in [-0.39, 0.29) is 0 Å². The minimum Gasteiger partial charge on any atom is -0.318 e. The van der Waals surface area contributed by atoms with Crippen molar-refractivity contribution >= 4 is 33.2 Å². The van der Waals surface area contributed by atoms with Gasteiger partial charge in [0.05, 0.1) is 15.2 Å². The third-order valence-corrected chi connectivity index (χ3v) is 5.26. The van der Waals surface area contributed by atoms with Crippen LogP contribution >= 0.6 is 22.9 Å². The van der Waals surface area contributed by atoms with Gasteiger partial charge in [0, 0.05) is 30.6 Å². The topological polar surface area (TPSA) is 37.0 Å². The highest BCUT2D eigenvalue weighted by Crippen LogP contribution is 2.25. The van der Waals surface area contributed by atoms with E-state index in [1.165, 1.54) is 5.56 Å². The van der Waals surface area contributed by atoms with Gasteiger partial charge in [-0.2, -0.15) is 0 Å². The molecule has 0 saturated heterocycles. The van der Waals surface area contributed by atoms with E-state index in [0.29, 0.717) is 6.04 Å². The van der Waals surface area contributed by atoms with Crippen molar-refractivity contribution < 1.29 is 0 Å². The van der Waals surface area contributed by atoms with Crippen LogP contribution < -0.4 is 10.6 Å². The number of hydrogen-bond acceptors (Lipinski definition) is 4. The second-order valence-corrected chi connectivity index (χ2v) is 7.42. The molecular weight excluding hydrogens is 338 g/mol. The Balaban J connectivity index is 1.55. The van der Waals surface area contributed by atoms with E-state index in [0.717, 1.165) is 46.2 Å². The number of thiazole rings is 1. The van der Waals surface area contributed by atoms with Crippen LogP contribution in [0, 0.1) is 0 Å². The number of nitrogens with one attached hydrogen (secondary N) is 2. The van der Waals surface area contributed by atoms with E-state index in [1.54, 1.807) is 11.3 Å². The highest BCUT2D eigenvalue weighted by Gasteiger charge is 2.09. The minimum absolute atomic E-state index is 0.418. The molecule has 0 aliphatic heterocycles. The predicted octanol–water partition coefficient (Wildman–Crippen LogP) is 3.91. The Hall–Kier alpha value is -1.46. The Morgan fingerprint density at radius 2 is 2.00 bits per heavy atom. The van der Waals surface area contributed by atoms with Crippen molar-refractivity contribution in [1.82, 2.24) is 15.6 Å². The van der Waals surface area contributed by atoms with Crippen LogP contribution in [0.3, 0.4) is 0 Å². The monoisotopic (exact) mass is 359 g/mol. The first-order chi connectivity index (χ1) is 11.7. The fraction of sp³-hybridized carbons (Fsp3) is 0.316. The highest BCUT2D eigenvalue weighted by molar-refractivity contribution is 7.18. The molecule has 5 heteroatoms. The summed E-state index contributed by atoms with van der Waals surface area (Å²) in [5.41, 5.74) is 2.40. The van der Waals surface area contributed by atoms with E-state index >= 15 is 0 Å². The van der Waals surface area contributed by atoms with Crippen LogP contribution in [-0.4, -0.2) is 31.2 Å². The zero-order chi connectivity index (χ0) is 16.8. The van der Waals surface area contributed by atoms with Gasteiger partial charge >= 0.3 is 0 Å². The zero-order valence-corrected chi connectivity index (χ0v) is 15.3. The number of nitrogens with zero attached hydrogens (tertiary/aromatic N) is 1. The van der Waals surface area contributed by atoms with Crippen LogP contribution in [0.2, 0.25) is 5.02 Å². The van der Waals surface area contributed by atoms with Gasteiger partial charge in [-0.05, 0) is 37.2 Å². The molecule has 0 aliphatic carbocycles. The smallest absolute Gasteiger partial charge is 0.0951 e. The summed E-state index contributed by atoms with van der Waals surface area (Å²) >= 11 is 7.77. The summed E-state index contributed by atoms with van der Waals surface area (Å²) in [4.78, 5) is 4.68. The van der Waals surface area contributed by atoms with Crippen LogP contribution in [0.5, 0.6) is 0 Å². The lowest BCUT2D eigenvalue weighted by molar-refractivity contribution is 0.490. The van der Waals surface area contributed by atoms with Crippen molar-refractivity contribution in [3.05, 3.63) is 64.1 Å². The summed E-state index contributed by atoms with van der Waals surface area (Å²) in [5.74, 6) is 0. The lowest BCUT2D eigenvalue weighted by Crippen LogP contribution is -2.40. The number of halogens is 1. The van der Waals surface area contributed by atoms with Crippen molar-refractivity contribution in [3.8, 4) is 0 Å². The van der Waals surface area contributed by atoms with Gasteiger partial charge in [0.25, 0.3) is 0 Å². The summed E-state index contributed by atoms with van der Waals surface area (Å²) in [6.07, 6.45) is 1.96. The lowest BCUT2D eigenvalue weighted by atomic mass is 10.1. The first kappa shape index (κ1) is 17.4. The Morgan fingerprint density at radius 1 is 1.17 bits per heavy atom. The molecule has 3 aromatic rings. The minimum atomic E-state index is 0.418. The van der Waals surface area contributed by atoms with E-state index in [2.05, 4.69) is 45.9 Å². The van der Waals surface area contributed by atoms with Crippen LogP contribution in [-0.2, 0) is 12.8 Å². The van der Waals surface area contributed by atoms with Gasteiger partial charge in [-0.15, -0.1) is 11.3 Å². The molecule has 126 valence electrons. The molecule has 2 N–H and O–H groups in total. The molecule has 24 heavy (non-hydrogen) atoms. The summed E-state index contributed by atoms with van der Waals surface area (Å²) < 4.78 is 1.16. The zero-order valence-electron chi connectivity index (χ0n) is 13.8. The number of likely N-dealkylation sites (N-methyl/N-ethyl adjacent to an activating group) is 1. The van der Waals surface area contributed by atoms with Crippen molar-refractivity contribution in [2.24, 2.45) is 0 Å². The normalized spacial score (nSPS) is 12.6. The first-order valence-electron chi connectivity index (χ1n) is 8.21. The average molecular weight is 360 g/mol. The van der Waals surface area contributed by atoms with Crippen molar-refractivity contribution in [2.75, 3.05) is 20.1 Å². The molecule has 0 amide bonds. The van der Waals surface area contributed by atoms with Crippen LogP contribution in [0.15, 0.2) is 48.5 Å². The fourth-order valence-corrected chi connectivity index (χ4v) is 4.04. The molecule has 3 nitrogen and oxygen atoms in total. The van der Waals surface area contributed by atoms with E-state index in [9.17, 15) is 0 Å². The standard InChI is InChI=1S/C19H22ClN3S/c1-21-13-16(11-14-5-3-2-4-6-14)22-10-9-19-23-17-8-7-15(20)12-18(17)24-19/h2-8,12,16,21-22H,9-11,13H2,1H3. The van der Waals surface area contributed by atoms with Crippen molar-refractivity contribution in [2.45, 2.75) is 18.9 Å². The molecule has 2 aromatic carbocycles. The molecule has 0 saturated carbocycles. The van der Waals surface area contributed by atoms with Gasteiger partial charge in [-0.3, -0.25) is 0 Å². The Morgan fingerprint density at radius 3 is 2.79 bits per heavy atom. The van der Waals surface area contributed by atoms with Crippen LogP contribution in [0.25, 0.3) is 10.2 Å². The SMILES string of the molecule is CNCC(Cc1ccccc1)NCCc1nc2ccc(Cl)cc2s1. The summed E-state index contributed by atoms with van der Waals surface area (Å²) in [6, 6.07) is 16.9. The molecule has 3 rings (SSSR count). The molecule has 1 unspecified atom stereocenters. The number of rotatable bonds is 8. The maximum absolute atomic E-state index is 6.05. The molecule has 0 bridgehead atoms. The van der Waals surface area contributed by atoms with Crippen LogP contribution in [0.4, 0.5) is 0 Å². The van der Waals surface area contributed by atoms with Gasteiger partial charge in [0.1, 0.15) is 0 Å². The quantitative estimate of drug-likeness (QED) is 0.640. The number of benzene rings is 2. The molecule has 0 radical (unpaired) electrons. The largest absolute Gasteiger partial charge is 0.318 e. The Bertz CT molecular complexity index is 773. The molecule has 0 fully saturated rings. The van der Waals surface area contributed by atoms with Gasteiger partial charge in [0.15, 0.2) is 0 Å². The molecule has 1 atom stereocenters. The third kappa shape index (κ3) is 4.77. The van der Waals surface area contributed by atoms with E-state index in [1.807, 2.05) is 25.2 Å². The summed E-state index contributed by atoms with van der Waals surface area (Å²) in [7, 11) is 2.00. The van der Waals surface area contributed by atoms with Gasteiger partial charge < -0.3 is 10.6 Å². The average Bonchev–Trinajstić information content (AvgIpc) is 2.97. The molecule has 0 aliphatic rings. The third-order valence-electron chi connectivity index (χ3n) is 3.94. The lowest BCUT2D eigenvalue weighted by Gasteiger charge is -2.18. The van der Waals surface area contributed by atoms with E-state index in [4.69, 9.17) is 11.6 Å². The first-order valence-corrected chi connectivity index (χ1v) is 9.41. The molecular formula is C19H22ClN3S. The Kier molecular flexibility index (Phi) is 6.21. The second-order valence-electron chi connectivity index (χ2n) is 5.87. The Labute approximate surface area is 152 Å². The fourth-order valence-electron chi connectivity index (χ4n) is 2.80. The van der Waals surface area contributed by atoms with Gasteiger partial charge in [-0.25, -0.2) is 4.98 Å². The maximum atomic E-state index is 6.05. The number of aromatic nitrogens is 1. The van der Waals surface area contributed by atoms with Crippen molar-refractivity contribution in [1.29, 1.82) is 0 Å². The van der Waals surface area contributed by atoms with Crippen LogP contribution in [0.1, 0.15) is 10.6 Å². The predicted molar refractivity (Wildman–Crippen MR) is 104 cm³/mol. The number of hydrogen-bond donors (Lipinski definition) is 2. The molecule has 1 heterocycles. The summed E-state index contributed by atoms with van der Waals surface area (Å²) in [5, 5.41) is 8.85. The summed E-state index contributed by atoms with van der Waals surface area (Å²) in [6.45, 7) is 1.87. The highest BCUT2D eigenvalue weighted by atomic mass is 35.5. The molecule has 1 aromatic heterocycles. The van der Waals surface area contributed by atoms with Crippen molar-refractivity contribution in [3.63, 3.8) is 0 Å².